The number of hydrogen-bond acceptors (Lipinski definition) is 3. The van der Waals surface area contributed by atoms with E-state index in [4.69, 9.17) is 5.73 Å². The molecule has 3 heteroatoms. The molecule has 5 aromatic rings. The van der Waals surface area contributed by atoms with Gasteiger partial charge in [0.2, 0.25) is 0 Å². The molecule has 0 fully saturated rings. The van der Waals surface area contributed by atoms with Gasteiger partial charge in [-0.1, -0.05) is 177 Å². The van der Waals surface area contributed by atoms with Crippen LogP contribution in [-0.4, -0.2) is 13.2 Å². The number of nitrogens with zero attached hydrogens (tertiary/aromatic N) is 1. The lowest BCUT2D eigenvalue weighted by atomic mass is 9.69. The van der Waals surface area contributed by atoms with Crippen LogP contribution in [-0.2, 0) is 18.4 Å². The van der Waals surface area contributed by atoms with Gasteiger partial charge in [0, 0.05) is 25.0 Å². The molecule has 0 saturated heterocycles. The summed E-state index contributed by atoms with van der Waals surface area (Å²) in [4.78, 5) is 2.45. The molecule has 0 amide bonds. The van der Waals surface area contributed by atoms with E-state index in [1.807, 2.05) is 0 Å². The van der Waals surface area contributed by atoms with E-state index in [1.54, 1.807) is 22.3 Å². The number of hydrogen-bond donors (Lipinski definition) is 2. The lowest BCUT2D eigenvalue weighted by Crippen LogP contribution is -2.43. The van der Waals surface area contributed by atoms with E-state index in [0.29, 0.717) is 17.8 Å². The summed E-state index contributed by atoms with van der Waals surface area (Å²) < 4.78 is 0. The SMILES string of the molecule is CN(Cc1ccc2c(c1)C(C)(C)C1CC(C(N)NC3=CCCCC3CC3CC=C(C4CC=C(C5CC=CCC5)CC4)CC3)=CCC21)c1ccccc1Cc1ccc(-c2ccc(-c3ccccc3)cc2)cc1. The fourth-order valence-corrected chi connectivity index (χ4v) is 14.2. The first-order valence-electron chi connectivity index (χ1n) is 27.8. The summed E-state index contributed by atoms with van der Waals surface area (Å²) in [5, 5.41) is 3.97. The second kappa shape index (κ2) is 21.2. The summed E-state index contributed by atoms with van der Waals surface area (Å²) >= 11 is 0. The molecular formula is C68H79N3. The van der Waals surface area contributed by atoms with Gasteiger partial charge in [0.1, 0.15) is 0 Å². The molecule has 11 rings (SSSR count). The summed E-state index contributed by atoms with van der Waals surface area (Å²) in [5.41, 5.74) is 27.1. The van der Waals surface area contributed by atoms with Crippen LogP contribution in [0.3, 0.4) is 0 Å². The van der Waals surface area contributed by atoms with Gasteiger partial charge in [-0.3, -0.25) is 0 Å². The third-order valence-corrected chi connectivity index (χ3v) is 18.4. The number of para-hydroxylation sites is 1. The molecular weight excluding hydrogens is 859 g/mol. The van der Waals surface area contributed by atoms with Crippen molar-refractivity contribution in [3.63, 3.8) is 0 Å². The molecule has 0 heterocycles. The number of benzene rings is 5. The predicted octanol–water partition coefficient (Wildman–Crippen LogP) is 16.7. The number of fused-ring (bicyclic) bond motifs is 3. The highest BCUT2D eigenvalue weighted by atomic mass is 15.1. The van der Waals surface area contributed by atoms with Gasteiger partial charge in [-0.25, -0.2) is 0 Å². The topological polar surface area (TPSA) is 41.3 Å². The predicted molar refractivity (Wildman–Crippen MR) is 300 cm³/mol. The van der Waals surface area contributed by atoms with Gasteiger partial charge in [0.25, 0.3) is 0 Å². The third-order valence-electron chi connectivity index (χ3n) is 18.4. The van der Waals surface area contributed by atoms with Crippen molar-refractivity contribution in [1.29, 1.82) is 0 Å². The zero-order chi connectivity index (χ0) is 48.3. The van der Waals surface area contributed by atoms with Crippen LogP contribution in [0.15, 0.2) is 180 Å². The number of nitrogens with two attached hydrogens (primary N) is 1. The maximum Gasteiger partial charge on any atom is 0.0963 e. The van der Waals surface area contributed by atoms with Crippen LogP contribution in [0.2, 0.25) is 0 Å². The first-order chi connectivity index (χ1) is 34.7. The number of nitrogens with one attached hydrogen (secondary N) is 1. The Morgan fingerprint density at radius 2 is 1.34 bits per heavy atom. The maximum atomic E-state index is 7.21. The quantitative estimate of drug-likeness (QED) is 0.0861. The average molecular weight is 938 g/mol. The van der Waals surface area contributed by atoms with E-state index < -0.39 is 0 Å². The lowest BCUT2D eigenvalue weighted by molar-refractivity contribution is 0.280. The van der Waals surface area contributed by atoms with Crippen molar-refractivity contribution in [2.45, 2.75) is 141 Å². The molecule has 0 saturated carbocycles. The third kappa shape index (κ3) is 10.5. The van der Waals surface area contributed by atoms with Gasteiger partial charge in [-0.2, -0.15) is 0 Å². The molecule has 3 nitrogen and oxygen atoms in total. The molecule has 0 aromatic heterocycles. The van der Waals surface area contributed by atoms with E-state index in [-0.39, 0.29) is 11.6 Å². The summed E-state index contributed by atoms with van der Waals surface area (Å²) in [6.07, 6.45) is 35.0. The summed E-state index contributed by atoms with van der Waals surface area (Å²) in [6.45, 7) is 5.89. The Hall–Kier alpha value is -5.64. The minimum absolute atomic E-state index is 0.0744. The molecule has 5 aromatic carbocycles. The van der Waals surface area contributed by atoms with Gasteiger partial charge in [0.05, 0.1) is 6.17 Å². The zero-order valence-corrected chi connectivity index (χ0v) is 43.1. The van der Waals surface area contributed by atoms with Crippen molar-refractivity contribution in [3.8, 4) is 22.3 Å². The molecule has 6 aliphatic carbocycles. The van der Waals surface area contributed by atoms with Gasteiger partial charge >= 0.3 is 0 Å². The van der Waals surface area contributed by atoms with Crippen molar-refractivity contribution in [3.05, 3.63) is 208 Å². The van der Waals surface area contributed by atoms with Gasteiger partial charge in [-0.05, 0) is 205 Å². The summed E-state index contributed by atoms with van der Waals surface area (Å²) in [5.74, 6) is 4.11. The molecule has 366 valence electrons. The van der Waals surface area contributed by atoms with Crippen LogP contribution in [0.5, 0.6) is 0 Å². The normalized spacial score (nSPS) is 25.2. The molecule has 7 unspecified atom stereocenters. The monoisotopic (exact) mass is 938 g/mol. The fourth-order valence-electron chi connectivity index (χ4n) is 14.2. The fraction of sp³-hybridized carbons (Fsp3) is 0.412. The average Bonchev–Trinajstić information content (AvgIpc) is 3.64. The highest BCUT2D eigenvalue weighted by Crippen LogP contribution is 2.56. The van der Waals surface area contributed by atoms with Crippen molar-refractivity contribution in [1.82, 2.24) is 5.32 Å². The van der Waals surface area contributed by atoms with Crippen molar-refractivity contribution >= 4 is 5.69 Å². The molecule has 0 bridgehead atoms. The van der Waals surface area contributed by atoms with E-state index in [0.717, 1.165) is 43.6 Å². The summed E-state index contributed by atoms with van der Waals surface area (Å²) in [7, 11) is 2.26. The minimum Gasteiger partial charge on any atom is -0.370 e. The Morgan fingerprint density at radius 1 is 0.648 bits per heavy atom. The molecule has 3 N–H and O–H groups in total. The van der Waals surface area contributed by atoms with Crippen LogP contribution in [0.25, 0.3) is 22.3 Å². The van der Waals surface area contributed by atoms with Crippen LogP contribution in [0.1, 0.15) is 144 Å². The van der Waals surface area contributed by atoms with Gasteiger partial charge in [-0.15, -0.1) is 0 Å². The van der Waals surface area contributed by atoms with Gasteiger partial charge in [0.15, 0.2) is 0 Å². The van der Waals surface area contributed by atoms with E-state index >= 15 is 0 Å². The Balaban J connectivity index is 0.687. The number of anilines is 1. The second-order valence-corrected chi connectivity index (χ2v) is 23.2. The minimum atomic E-state index is -0.117. The van der Waals surface area contributed by atoms with Crippen molar-refractivity contribution in [2.75, 3.05) is 11.9 Å². The second-order valence-electron chi connectivity index (χ2n) is 23.2. The lowest BCUT2D eigenvalue weighted by Gasteiger charge is -2.38. The first kappa shape index (κ1) is 47.7. The first-order valence-corrected chi connectivity index (χ1v) is 27.8. The van der Waals surface area contributed by atoms with Crippen molar-refractivity contribution < 1.29 is 0 Å². The van der Waals surface area contributed by atoms with Crippen LogP contribution < -0.4 is 16.0 Å². The number of allylic oxidation sites excluding steroid dienone is 9. The number of rotatable bonds is 14. The molecule has 0 radical (unpaired) electrons. The van der Waals surface area contributed by atoms with E-state index in [1.165, 1.54) is 139 Å². The zero-order valence-electron chi connectivity index (χ0n) is 43.1. The molecule has 71 heavy (non-hydrogen) atoms. The van der Waals surface area contributed by atoms with Gasteiger partial charge < -0.3 is 16.0 Å². The Bertz CT molecular complexity index is 2800. The Kier molecular flexibility index (Phi) is 14.2. The molecule has 0 aliphatic heterocycles. The highest BCUT2D eigenvalue weighted by Gasteiger charge is 2.47. The highest BCUT2D eigenvalue weighted by molar-refractivity contribution is 5.70. The van der Waals surface area contributed by atoms with Crippen LogP contribution in [0.4, 0.5) is 5.69 Å². The smallest absolute Gasteiger partial charge is 0.0963 e. The Labute approximate surface area is 427 Å². The molecule has 6 aliphatic rings. The maximum absolute atomic E-state index is 7.21. The van der Waals surface area contributed by atoms with Crippen LogP contribution in [0, 0.1) is 29.6 Å². The Morgan fingerprint density at radius 3 is 2.06 bits per heavy atom. The van der Waals surface area contributed by atoms with E-state index in [9.17, 15) is 0 Å². The molecule has 0 spiro atoms. The van der Waals surface area contributed by atoms with E-state index in [2.05, 4.69) is 189 Å². The summed E-state index contributed by atoms with van der Waals surface area (Å²) in [6, 6.07) is 45.1. The van der Waals surface area contributed by atoms with Crippen LogP contribution >= 0.6 is 0 Å². The molecule has 7 atom stereocenters. The largest absolute Gasteiger partial charge is 0.370 e. The van der Waals surface area contributed by atoms with Crippen molar-refractivity contribution in [2.24, 2.45) is 35.3 Å². The standard InChI is InChI=1S/C68H79N3/c1-68(2)63-44-49(46-71(3)66-21-13-11-19-59(66)43-48-24-29-53(30-25-48)57-37-33-55(34-38-57)51-16-8-5-9-17-51)26-40-61(63)62-41-39-60(45-64(62)68)67(69)70-65-20-12-10-18-58(65)42-47-22-27-52(28-23-47)56-35-31-54(32-36-56)50-14-6-4-7-15-50/h4-6,8-9,11,13,16-17,19-21,24-27,29-31,33-34,37-40,44,47,50,56,58,62,64,67,70H,7,10,12,14-15,18,22-23,28,32,35-36,41-43,45-46,69H2,1-3H3.